The summed E-state index contributed by atoms with van der Waals surface area (Å²) >= 11 is 0. The van der Waals surface area contributed by atoms with Gasteiger partial charge in [0.15, 0.2) is 0 Å². The molecule has 4 rings (SSSR count). The first-order valence-electron chi connectivity index (χ1n) is 14.5. The van der Waals surface area contributed by atoms with E-state index in [9.17, 15) is 24.6 Å². The molecule has 2 N–H and O–H groups in total. The molecule has 0 amide bonds. The molecule has 0 aliphatic heterocycles. The number of aliphatic carboxylic acids is 1. The van der Waals surface area contributed by atoms with Gasteiger partial charge < -0.3 is 14.9 Å². The SMILES string of the molecule is CC(=O)O[C@H]1C[C@H]([C@H](C)CC/C=C(\C)C(=O)O)[C@@]2(C)CCC3=C([C@H](O)C[C@H]4C(C)(C)C(=O)CC[C@]34C)[C@]12C. The lowest BCUT2D eigenvalue weighted by atomic mass is 9.42. The maximum absolute atomic E-state index is 12.9. The molecular formula is C32H48O6. The van der Waals surface area contributed by atoms with Crippen molar-refractivity contribution in [1.82, 2.24) is 0 Å². The highest BCUT2D eigenvalue weighted by atomic mass is 16.5. The standard InChI is InChI=1S/C32H48O6/c1-18(10-9-11-19(2)28(36)37)22-16-26(38-20(3)33)32(8)27-21(12-15-31(22,32)7)30(6)14-13-25(35)29(4,5)24(30)17-23(27)34/h11,18,22-24,26,34H,9-10,12-17H2,1-8H3,(H,36,37)/b19-11+/t18-,22-,23-,24+,26+,30-,31-,32+/m1/s1. The topological polar surface area (TPSA) is 101 Å². The van der Waals surface area contributed by atoms with E-state index < -0.39 is 22.9 Å². The molecule has 212 valence electrons. The van der Waals surface area contributed by atoms with E-state index >= 15 is 0 Å². The molecule has 8 atom stereocenters. The molecule has 2 fully saturated rings. The van der Waals surface area contributed by atoms with Crippen molar-refractivity contribution >= 4 is 17.7 Å². The fraction of sp³-hybridized carbons (Fsp3) is 0.781. The van der Waals surface area contributed by atoms with Crippen LogP contribution in [0.25, 0.3) is 0 Å². The van der Waals surface area contributed by atoms with E-state index in [2.05, 4.69) is 41.5 Å². The number of allylic oxidation sites excluding steroid dienone is 2. The summed E-state index contributed by atoms with van der Waals surface area (Å²) in [6, 6.07) is 0. The minimum Gasteiger partial charge on any atom is -0.478 e. The Balaban J connectivity index is 1.77. The number of aliphatic hydroxyl groups is 1. The number of ketones is 1. The molecule has 0 saturated heterocycles. The summed E-state index contributed by atoms with van der Waals surface area (Å²) < 4.78 is 6.10. The van der Waals surface area contributed by atoms with Crippen LogP contribution in [0.3, 0.4) is 0 Å². The molecule has 0 spiro atoms. The van der Waals surface area contributed by atoms with Crippen molar-refractivity contribution < 1.29 is 29.3 Å². The summed E-state index contributed by atoms with van der Waals surface area (Å²) in [7, 11) is 0. The molecule has 4 aliphatic rings. The van der Waals surface area contributed by atoms with Crippen molar-refractivity contribution in [3.63, 3.8) is 0 Å². The Morgan fingerprint density at radius 1 is 1.08 bits per heavy atom. The third-order valence-corrected chi connectivity index (χ3v) is 12.0. The smallest absolute Gasteiger partial charge is 0.330 e. The van der Waals surface area contributed by atoms with Crippen molar-refractivity contribution in [1.29, 1.82) is 0 Å². The van der Waals surface area contributed by atoms with Gasteiger partial charge in [0.1, 0.15) is 11.9 Å². The number of aliphatic hydroxyl groups excluding tert-OH is 1. The van der Waals surface area contributed by atoms with Crippen LogP contribution in [0.5, 0.6) is 0 Å². The molecule has 6 heteroatoms. The van der Waals surface area contributed by atoms with Gasteiger partial charge in [0.05, 0.1) is 6.10 Å². The first-order valence-corrected chi connectivity index (χ1v) is 14.5. The van der Waals surface area contributed by atoms with Crippen LogP contribution < -0.4 is 0 Å². The van der Waals surface area contributed by atoms with Crippen LogP contribution in [-0.4, -0.2) is 40.1 Å². The Morgan fingerprint density at radius 3 is 2.34 bits per heavy atom. The number of carboxylic acids is 1. The zero-order valence-corrected chi connectivity index (χ0v) is 24.6. The fourth-order valence-electron chi connectivity index (χ4n) is 9.57. The number of hydrogen-bond acceptors (Lipinski definition) is 5. The van der Waals surface area contributed by atoms with Gasteiger partial charge in [-0.15, -0.1) is 0 Å². The summed E-state index contributed by atoms with van der Waals surface area (Å²) in [6.45, 7) is 16.3. The minimum atomic E-state index is -0.884. The molecule has 4 aliphatic carbocycles. The molecule has 0 unspecified atom stereocenters. The third kappa shape index (κ3) is 4.12. The molecule has 6 nitrogen and oxygen atoms in total. The number of carbonyl (C=O) groups excluding carboxylic acids is 2. The van der Waals surface area contributed by atoms with Crippen molar-refractivity contribution in [3.05, 3.63) is 22.8 Å². The second-order valence-corrected chi connectivity index (χ2v) is 14.1. The maximum Gasteiger partial charge on any atom is 0.330 e. The average Bonchev–Trinajstić information content (AvgIpc) is 3.05. The van der Waals surface area contributed by atoms with Gasteiger partial charge in [-0.25, -0.2) is 4.79 Å². The molecule has 0 aromatic rings. The Kier molecular flexibility index (Phi) is 7.34. The van der Waals surface area contributed by atoms with Gasteiger partial charge in [0.2, 0.25) is 0 Å². The average molecular weight is 529 g/mol. The fourth-order valence-corrected chi connectivity index (χ4v) is 9.57. The van der Waals surface area contributed by atoms with Gasteiger partial charge in [-0.1, -0.05) is 53.2 Å². The van der Waals surface area contributed by atoms with Gasteiger partial charge in [0, 0.05) is 29.7 Å². The Labute approximate surface area is 228 Å². The van der Waals surface area contributed by atoms with E-state index in [0.717, 1.165) is 37.7 Å². The summed E-state index contributed by atoms with van der Waals surface area (Å²) in [6.07, 6.45) is 6.89. The second kappa shape index (κ2) is 9.60. The van der Waals surface area contributed by atoms with Crippen LogP contribution in [0.2, 0.25) is 0 Å². The third-order valence-electron chi connectivity index (χ3n) is 12.0. The van der Waals surface area contributed by atoms with Crippen LogP contribution in [0.15, 0.2) is 22.8 Å². The maximum atomic E-state index is 12.9. The van der Waals surface area contributed by atoms with Gasteiger partial charge in [-0.3, -0.25) is 9.59 Å². The minimum absolute atomic E-state index is 0.0884. The lowest BCUT2D eigenvalue weighted by molar-refractivity contribution is -0.155. The van der Waals surface area contributed by atoms with Crippen LogP contribution >= 0.6 is 0 Å². The quantitative estimate of drug-likeness (QED) is 0.240. The first kappa shape index (κ1) is 29.0. The zero-order chi connectivity index (χ0) is 28.4. The highest BCUT2D eigenvalue weighted by Gasteiger charge is 2.69. The van der Waals surface area contributed by atoms with E-state index in [1.165, 1.54) is 12.5 Å². The Morgan fingerprint density at radius 2 is 1.74 bits per heavy atom. The largest absolute Gasteiger partial charge is 0.478 e. The molecule has 0 bridgehead atoms. The predicted molar refractivity (Wildman–Crippen MR) is 146 cm³/mol. The number of hydrogen-bond donors (Lipinski definition) is 2. The van der Waals surface area contributed by atoms with Crippen molar-refractivity contribution in [2.75, 3.05) is 0 Å². The Bertz CT molecular complexity index is 1080. The van der Waals surface area contributed by atoms with Gasteiger partial charge >= 0.3 is 11.9 Å². The number of rotatable bonds is 6. The van der Waals surface area contributed by atoms with Crippen molar-refractivity contribution in [3.8, 4) is 0 Å². The monoisotopic (exact) mass is 528 g/mol. The molecule has 2 saturated carbocycles. The van der Waals surface area contributed by atoms with Gasteiger partial charge in [0.25, 0.3) is 0 Å². The van der Waals surface area contributed by atoms with E-state index in [1.807, 2.05) is 0 Å². The molecule has 38 heavy (non-hydrogen) atoms. The number of Topliss-reactive ketones (excluding diaryl/α,β-unsaturated/α-hetero) is 1. The lowest BCUT2D eigenvalue weighted by Crippen LogP contribution is -2.58. The summed E-state index contributed by atoms with van der Waals surface area (Å²) in [5, 5.41) is 21.1. The van der Waals surface area contributed by atoms with Crippen LogP contribution in [0.4, 0.5) is 0 Å². The Hall–Kier alpha value is -1.95. The number of carbonyl (C=O) groups is 3. The number of fused-ring (bicyclic) bond motifs is 4. The molecular weight excluding hydrogens is 480 g/mol. The number of esters is 1. The highest BCUT2D eigenvalue weighted by Crippen LogP contribution is 2.72. The van der Waals surface area contributed by atoms with Crippen LogP contribution in [0.1, 0.15) is 107 Å². The van der Waals surface area contributed by atoms with Gasteiger partial charge in [-0.05, 0) is 86.0 Å². The molecule has 0 aromatic carbocycles. The molecule has 0 aromatic heterocycles. The summed E-state index contributed by atoms with van der Waals surface area (Å²) in [5.41, 5.74) is 1.45. The normalized spacial score (nSPS) is 41.2. The van der Waals surface area contributed by atoms with Crippen LogP contribution in [0, 0.1) is 39.4 Å². The van der Waals surface area contributed by atoms with Crippen molar-refractivity contribution in [2.24, 2.45) is 39.4 Å². The number of carboxylic acid groups (broad SMARTS) is 1. The van der Waals surface area contributed by atoms with Crippen molar-refractivity contribution in [2.45, 2.75) is 119 Å². The summed E-state index contributed by atoms with van der Waals surface area (Å²) in [4.78, 5) is 36.5. The first-order chi connectivity index (χ1) is 17.5. The van der Waals surface area contributed by atoms with E-state index in [0.29, 0.717) is 36.5 Å². The molecule has 0 heterocycles. The van der Waals surface area contributed by atoms with E-state index in [1.54, 1.807) is 13.0 Å². The molecule has 0 radical (unpaired) electrons. The number of ether oxygens (including phenoxy) is 1. The van der Waals surface area contributed by atoms with Gasteiger partial charge in [-0.2, -0.15) is 0 Å². The van der Waals surface area contributed by atoms with E-state index in [-0.39, 0.29) is 34.7 Å². The van der Waals surface area contributed by atoms with E-state index in [4.69, 9.17) is 4.74 Å². The van der Waals surface area contributed by atoms with Crippen LogP contribution in [-0.2, 0) is 19.1 Å². The summed E-state index contributed by atoms with van der Waals surface area (Å²) in [5.74, 6) is -0.223. The second-order valence-electron chi connectivity index (χ2n) is 14.1. The zero-order valence-electron chi connectivity index (χ0n) is 24.6. The lowest BCUT2D eigenvalue weighted by Gasteiger charge is -2.62. The predicted octanol–water partition coefficient (Wildman–Crippen LogP) is 6.26. The highest BCUT2D eigenvalue weighted by molar-refractivity contribution is 5.86.